The molecule has 0 radical (unpaired) electrons. The van der Waals surface area contributed by atoms with Crippen LogP contribution in [0.15, 0.2) is 71.2 Å². The average molecular weight is 540 g/mol. The zero-order valence-electron chi connectivity index (χ0n) is 19.4. The predicted molar refractivity (Wildman–Crippen MR) is 137 cm³/mol. The van der Waals surface area contributed by atoms with Crippen molar-refractivity contribution in [3.05, 3.63) is 76.8 Å². The first-order valence-electron chi connectivity index (χ1n) is 11.0. The van der Waals surface area contributed by atoms with E-state index in [0.717, 1.165) is 15.7 Å². The average Bonchev–Trinajstić information content (AvgIpc) is 3.28. The summed E-state index contributed by atoms with van der Waals surface area (Å²) in [5, 5.41) is 0. The Morgan fingerprint density at radius 1 is 1.03 bits per heavy atom. The summed E-state index contributed by atoms with van der Waals surface area (Å²) >= 11 is 3.42. The van der Waals surface area contributed by atoms with Gasteiger partial charge in [0.05, 0.1) is 25.8 Å². The Labute approximate surface area is 212 Å². The van der Waals surface area contributed by atoms with Crippen LogP contribution in [0.2, 0.25) is 0 Å². The minimum Gasteiger partial charge on any atom is -0.497 e. The number of halogens is 1. The summed E-state index contributed by atoms with van der Waals surface area (Å²) in [6.07, 6.45) is 0.130. The summed E-state index contributed by atoms with van der Waals surface area (Å²) in [5.74, 6) is 0.833. The van der Waals surface area contributed by atoms with Crippen molar-refractivity contribution in [2.45, 2.75) is 13.0 Å². The molecule has 4 rings (SSSR count). The second kappa shape index (κ2) is 11.1. The zero-order valence-corrected chi connectivity index (χ0v) is 21.0. The molecule has 2 N–H and O–H groups in total. The molecule has 0 bridgehead atoms. The summed E-state index contributed by atoms with van der Waals surface area (Å²) in [4.78, 5) is 27.0. The van der Waals surface area contributed by atoms with Crippen molar-refractivity contribution >= 4 is 39.1 Å². The van der Waals surface area contributed by atoms with Crippen molar-refractivity contribution in [1.29, 1.82) is 0 Å². The Morgan fingerprint density at radius 2 is 1.77 bits per heavy atom. The molecule has 8 nitrogen and oxygen atoms in total. The maximum absolute atomic E-state index is 12.9. The zero-order chi connectivity index (χ0) is 24.8. The summed E-state index contributed by atoms with van der Waals surface area (Å²) < 4.78 is 17.6. The molecule has 0 saturated carbocycles. The normalized spacial score (nSPS) is 15.0. The van der Waals surface area contributed by atoms with E-state index in [1.165, 1.54) is 0 Å². The molecule has 1 aliphatic heterocycles. The van der Waals surface area contributed by atoms with Gasteiger partial charge in [0.2, 0.25) is 11.8 Å². The lowest BCUT2D eigenvalue weighted by atomic mass is 10.1. The second-order valence-corrected chi connectivity index (χ2v) is 8.89. The molecule has 182 valence electrons. The van der Waals surface area contributed by atoms with Gasteiger partial charge < -0.3 is 19.1 Å². The number of benzene rings is 3. The fraction of sp³-hybridized carbons (Fsp3) is 0.231. The van der Waals surface area contributed by atoms with Gasteiger partial charge in [0.1, 0.15) is 12.4 Å². The van der Waals surface area contributed by atoms with Gasteiger partial charge in [-0.15, -0.1) is 0 Å². The second-order valence-electron chi connectivity index (χ2n) is 7.97. The monoisotopic (exact) mass is 539 g/mol. The van der Waals surface area contributed by atoms with Crippen LogP contribution in [0.1, 0.15) is 12.0 Å². The van der Waals surface area contributed by atoms with Crippen LogP contribution in [0.25, 0.3) is 0 Å². The Balaban J connectivity index is 1.40. The first-order valence-corrected chi connectivity index (χ1v) is 11.8. The number of anilines is 2. The van der Waals surface area contributed by atoms with E-state index in [-0.39, 0.29) is 18.2 Å². The number of nitrogens with one attached hydrogen (secondary N) is 2. The molecule has 0 spiro atoms. The Kier molecular flexibility index (Phi) is 7.77. The van der Waals surface area contributed by atoms with Crippen LogP contribution in [0.4, 0.5) is 11.4 Å². The minimum atomic E-state index is -0.491. The molecule has 3 aromatic carbocycles. The van der Waals surface area contributed by atoms with Crippen LogP contribution in [-0.4, -0.2) is 32.6 Å². The highest BCUT2D eigenvalue weighted by Gasteiger charge is 2.35. The highest BCUT2D eigenvalue weighted by atomic mass is 79.9. The first kappa shape index (κ1) is 24.4. The van der Waals surface area contributed by atoms with Crippen LogP contribution < -0.4 is 30.0 Å². The van der Waals surface area contributed by atoms with Gasteiger partial charge in [-0.1, -0.05) is 34.1 Å². The van der Waals surface area contributed by atoms with Crippen LogP contribution in [-0.2, 0) is 16.2 Å². The molecule has 35 heavy (non-hydrogen) atoms. The molecule has 0 unspecified atom stereocenters. The fourth-order valence-corrected chi connectivity index (χ4v) is 4.05. The van der Waals surface area contributed by atoms with E-state index in [1.807, 2.05) is 24.3 Å². The van der Waals surface area contributed by atoms with Crippen molar-refractivity contribution < 1.29 is 23.8 Å². The van der Waals surface area contributed by atoms with Gasteiger partial charge in [0.25, 0.3) is 0 Å². The van der Waals surface area contributed by atoms with Gasteiger partial charge in [-0.05, 0) is 54.1 Å². The molecule has 1 atom stereocenters. The van der Waals surface area contributed by atoms with Gasteiger partial charge in [-0.25, -0.2) is 0 Å². The number of nitrogens with zero attached hydrogens (tertiary/aromatic N) is 1. The van der Waals surface area contributed by atoms with E-state index in [4.69, 9.17) is 14.2 Å². The highest BCUT2D eigenvalue weighted by Crippen LogP contribution is 2.35. The SMILES string of the molecule is COc1ccc(N2C[C@@H](C(=O)NNc3cccc(OC)c3OCc3ccc(Br)cc3)CC2=O)cc1. The lowest BCUT2D eigenvalue weighted by Crippen LogP contribution is -2.36. The van der Waals surface area contributed by atoms with E-state index < -0.39 is 5.92 Å². The van der Waals surface area contributed by atoms with E-state index in [9.17, 15) is 9.59 Å². The molecule has 3 aromatic rings. The minimum absolute atomic E-state index is 0.102. The standard InChI is InChI=1S/C26H26BrN3O5/c1-33-21-12-10-20(11-13-21)30-15-18(14-24(30)31)26(32)29-28-22-4-3-5-23(34-2)25(22)35-16-17-6-8-19(27)9-7-17/h3-13,18,28H,14-16H2,1-2H3,(H,29,32)/t18-/m0/s1. The molecular formula is C26H26BrN3O5. The largest absolute Gasteiger partial charge is 0.497 e. The molecule has 0 aromatic heterocycles. The van der Waals surface area contributed by atoms with Crippen molar-refractivity contribution in [2.75, 3.05) is 31.1 Å². The molecule has 1 fully saturated rings. The quantitative estimate of drug-likeness (QED) is 0.388. The summed E-state index contributed by atoms with van der Waals surface area (Å²) in [5.41, 5.74) is 7.92. The Bertz CT molecular complexity index is 1180. The van der Waals surface area contributed by atoms with Gasteiger partial charge in [-0.2, -0.15) is 0 Å². The maximum Gasteiger partial charge on any atom is 0.243 e. The van der Waals surface area contributed by atoms with Crippen LogP contribution in [0, 0.1) is 5.92 Å². The van der Waals surface area contributed by atoms with Crippen molar-refractivity contribution in [3.8, 4) is 17.2 Å². The van der Waals surface area contributed by atoms with Crippen molar-refractivity contribution in [3.63, 3.8) is 0 Å². The Morgan fingerprint density at radius 3 is 2.46 bits per heavy atom. The van der Waals surface area contributed by atoms with Crippen molar-refractivity contribution in [2.24, 2.45) is 5.92 Å². The van der Waals surface area contributed by atoms with Gasteiger partial charge in [0.15, 0.2) is 11.5 Å². The molecule has 9 heteroatoms. The van der Waals surface area contributed by atoms with Gasteiger partial charge >= 0.3 is 0 Å². The van der Waals surface area contributed by atoms with Crippen LogP contribution >= 0.6 is 15.9 Å². The van der Waals surface area contributed by atoms with Crippen LogP contribution in [0.3, 0.4) is 0 Å². The van der Waals surface area contributed by atoms with E-state index in [0.29, 0.717) is 36.1 Å². The summed E-state index contributed by atoms with van der Waals surface area (Å²) in [6.45, 7) is 0.619. The van der Waals surface area contributed by atoms with E-state index >= 15 is 0 Å². The number of ether oxygens (including phenoxy) is 3. The number of hydrogen-bond donors (Lipinski definition) is 2. The fourth-order valence-electron chi connectivity index (χ4n) is 3.79. The number of hydrogen-bond acceptors (Lipinski definition) is 6. The first-order chi connectivity index (χ1) is 17.0. The summed E-state index contributed by atoms with van der Waals surface area (Å²) in [6, 6.07) is 20.4. The smallest absolute Gasteiger partial charge is 0.243 e. The van der Waals surface area contributed by atoms with Gasteiger partial charge in [0, 0.05) is 23.1 Å². The molecular weight excluding hydrogens is 514 g/mol. The molecule has 0 aliphatic carbocycles. The van der Waals surface area contributed by atoms with Crippen molar-refractivity contribution in [1.82, 2.24) is 5.43 Å². The third kappa shape index (κ3) is 5.86. The third-order valence-electron chi connectivity index (χ3n) is 5.70. The van der Waals surface area contributed by atoms with E-state index in [1.54, 1.807) is 61.6 Å². The Hall–Kier alpha value is -3.72. The number of carbonyl (C=O) groups excluding carboxylic acids is 2. The molecule has 1 heterocycles. The summed E-state index contributed by atoms with van der Waals surface area (Å²) in [7, 11) is 3.14. The number of rotatable bonds is 9. The lowest BCUT2D eigenvalue weighted by Gasteiger charge is -2.19. The van der Waals surface area contributed by atoms with Crippen LogP contribution in [0.5, 0.6) is 17.2 Å². The molecule has 1 aliphatic rings. The predicted octanol–water partition coefficient (Wildman–Crippen LogP) is 4.54. The maximum atomic E-state index is 12.9. The highest BCUT2D eigenvalue weighted by molar-refractivity contribution is 9.10. The molecule has 1 saturated heterocycles. The van der Waals surface area contributed by atoms with E-state index in [2.05, 4.69) is 26.8 Å². The number of hydrazine groups is 1. The number of amides is 2. The number of para-hydroxylation sites is 1. The van der Waals surface area contributed by atoms with Gasteiger partial charge in [-0.3, -0.25) is 20.4 Å². The number of methoxy groups -OCH3 is 2. The topological polar surface area (TPSA) is 89.1 Å². The number of carbonyl (C=O) groups is 2. The third-order valence-corrected chi connectivity index (χ3v) is 6.22. The molecule has 2 amide bonds. The lowest BCUT2D eigenvalue weighted by molar-refractivity contribution is -0.125.